The normalized spacial score (nSPS) is 17.0. The van der Waals surface area contributed by atoms with Crippen molar-refractivity contribution >= 4 is 19.7 Å². The van der Waals surface area contributed by atoms with Gasteiger partial charge >= 0.3 is 0 Å². The minimum absolute atomic E-state index is 0.188. The van der Waals surface area contributed by atoms with E-state index in [4.69, 9.17) is 10.7 Å². The summed E-state index contributed by atoms with van der Waals surface area (Å²) in [4.78, 5) is 2.31. The Balaban J connectivity index is 2.48. The van der Waals surface area contributed by atoms with Crippen molar-refractivity contribution in [1.29, 1.82) is 0 Å². The highest BCUT2D eigenvalue weighted by molar-refractivity contribution is 8.13. The predicted molar refractivity (Wildman–Crippen MR) is 54.7 cm³/mol. The lowest BCUT2D eigenvalue weighted by Crippen LogP contribution is -2.07. The molecule has 0 N–H and O–H groups in total. The van der Waals surface area contributed by atoms with Gasteiger partial charge in [0.25, 0.3) is 9.05 Å². The molecule has 1 aromatic carbocycles. The van der Waals surface area contributed by atoms with E-state index in [-0.39, 0.29) is 4.90 Å². The van der Waals surface area contributed by atoms with Crippen LogP contribution in [-0.2, 0) is 22.1 Å². The van der Waals surface area contributed by atoms with Crippen LogP contribution in [0.15, 0.2) is 23.1 Å². The van der Waals surface area contributed by atoms with E-state index in [0.29, 0.717) is 0 Å². The lowest BCUT2D eigenvalue weighted by Gasteiger charge is -2.02. The summed E-state index contributed by atoms with van der Waals surface area (Å²) in [5.74, 6) is 0. The zero-order chi connectivity index (χ0) is 10.3. The average Bonchev–Trinajstić information content (AvgIpc) is 2.41. The molecule has 76 valence electrons. The molecule has 1 aliphatic heterocycles. The van der Waals surface area contributed by atoms with Crippen LogP contribution in [0, 0.1) is 0 Å². The third-order valence-electron chi connectivity index (χ3n) is 2.34. The molecular weight excluding hydrogens is 222 g/mol. The molecule has 0 unspecified atom stereocenters. The van der Waals surface area contributed by atoms with Gasteiger partial charge in [-0.3, -0.25) is 4.90 Å². The van der Waals surface area contributed by atoms with Crippen LogP contribution in [0.5, 0.6) is 0 Å². The van der Waals surface area contributed by atoms with E-state index in [2.05, 4.69) is 4.90 Å². The zero-order valence-electron chi connectivity index (χ0n) is 7.70. The molecule has 0 saturated carbocycles. The minimum atomic E-state index is -3.59. The maximum atomic E-state index is 11.1. The van der Waals surface area contributed by atoms with Gasteiger partial charge < -0.3 is 0 Å². The van der Waals surface area contributed by atoms with Gasteiger partial charge in [-0.1, -0.05) is 6.07 Å². The van der Waals surface area contributed by atoms with E-state index in [9.17, 15) is 8.42 Å². The monoisotopic (exact) mass is 231 g/mol. The van der Waals surface area contributed by atoms with Crippen LogP contribution in [0.1, 0.15) is 11.1 Å². The number of hydrogen-bond acceptors (Lipinski definition) is 3. The number of halogens is 1. The van der Waals surface area contributed by atoms with Gasteiger partial charge in [-0.15, -0.1) is 0 Å². The van der Waals surface area contributed by atoms with Crippen LogP contribution in [0.25, 0.3) is 0 Å². The fourth-order valence-corrected chi connectivity index (χ4v) is 2.49. The van der Waals surface area contributed by atoms with E-state index in [1.54, 1.807) is 12.1 Å². The molecule has 1 aliphatic rings. The van der Waals surface area contributed by atoms with Gasteiger partial charge in [-0.25, -0.2) is 8.42 Å². The lowest BCUT2D eigenvalue weighted by atomic mass is 10.1. The second kappa shape index (κ2) is 3.22. The maximum absolute atomic E-state index is 11.1. The molecule has 0 amide bonds. The Morgan fingerprint density at radius 3 is 2.57 bits per heavy atom. The standard InChI is InChI=1S/C9H10ClNO2S/c1-11-5-7-2-3-9(14(10,12)13)4-8(7)6-11/h2-4H,5-6H2,1H3. The van der Waals surface area contributed by atoms with Crippen molar-refractivity contribution in [2.75, 3.05) is 7.05 Å². The van der Waals surface area contributed by atoms with Gasteiger partial charge in [0.2, 0.25) is 0 Å². The third kappa shape index (κ3) is 1.78. The summed E-state index contributed by atoms with van der Waals surface area (Å²) in [6.45, 7) is 1.66. The topological polar surface area (TPSA) is 37.4 Å². The molecule has 0 fully saturated rings. The van der Waals surface area contributed by atoms with Gasteiger partial charge in [-0.05, 0) is 30.3 Å². The van der Waals surface area contributed by atoms with Crippen molar-refractivity contribution in [1.82, 2.24) is 4.90 Å². The molecule has 0 saturated heterocycles. The SMILES string of the molecule is CN1Cc2ccc(S(=O)(=O)Cl)cc2C1. The summed E-state index contributed by atoms with van der Waals surface area (Å²) in [6.07, 6.45) is 0. The van der Waals surface area contributed by atoms with Crippen LogP contribution in [0.3, 0.4) is 0 Å². The Labute approximate surface area is 87.7 Å². The van der Waals surface area contributed by atoms with Crippen molar-refractivity contribution in [3.63, 3.8) is 0 Å². The number of nitrogens with zero attached hydrogens (tertiary/aromatic N) is 1. The summed E-state index contributed by atoms with van der Waals surface area (Å²) in [5, 5.41) is 0. The molecule has 14 heavy (non-hydrogen) atoms. The van der Waals surface area contributed by atoms with Gasteiger partial charge in [0.05, 0.1) is 4.90 Å². The Kier molecular flexibility index (Phi) is 2.29. The van der Waals surface area contributed by atoms with Crippen molar-refractivity contribution in [2.45, 2.75) is 18.0 Å². The fraction of sp³-hybridized carbons (Fsp3) is 0.333. The Morgan fingerprint density at radius 2 is 1.93 bits per heavy atom. The molecule has 0 aliphatic carbocycles. The molecule has 1 heterocycles. The van der Waals surface area contributed by atoms with Crippen LogP contribution in [-0.4, -0.2) is 20.4 Å². The second-order valence-electron chi connectivity index (χ2n) is 3.54. The summed E-state index contributed by atoms with van der Waals surface area (Å²) in [7, 11) is 3.66. The van der Waals surface area contributed by atoms with E-state index in [1.807, 2.05) is 13.1 Å². The first-order valence-electron chi connectivity index (χ1n) is 4.22. The quantitative estimate of drug-likeness (QED) is 0.689. The Morgan fingerprint density at radius 1 is 1.29 bits per heavy atom. The van der Waals surface area contributed by atoms with Crippen LogP contribution < -0.4 is 0 Å². The van der Waals surface area contributed by atoms with Gasteiger partial charge in [0.1, 0.15) is 0 Å². The van der Waals surface area contributed by atoms with E-state index >= 15 is 0 Å². The third-order valence-corrected chi connectivity index (χ3v) is 3.69. The first-order valence-corrected chi connectivity index (χ1v) is 6.53. The summed E-state index contributed by atoms with van der Waals surface area (Å²) in [5.41, 5.74) is 2.23. The largest absolute Gasteiger partial charge is 0.298 e. The smallest absolute Gasteiger partial charge is 0.261 e. The second-order valence-corrected chi connectivity index (χ2v) is 6.11. The molecule has 0 bridgehead atoms. The molecule has 1 aromatic rings. The molecule has 0 aromatic heterocycles. The first kappa shape index (κ1) is 9.96. The predicted octanol–water partition coefficient (Wildman–Crippen LogP) is 1.56. The zero-order valence-corrected chi connectivity index (χ0v) is 9.27. The number of benzene rings is 1. The van der Waals surface area contributed by atoms with Crippen LogP contribution in [0.4, 0.5) is 0 Å². The molecule has 3 nitrogen and oxygen atoms in total. The van der Waals surface area contributed by atoms with Crippen LogP contribution in [0.2, 0.25) is 0 Å². The van der Waals surface area contributed by atoms with Gasteiger partial charge in [0, 0.05) is 23.8 Å². The van der Waals surface area contributed by atoms with Crippen molar-refractivity contribution < 1.29 is 8.42 Å². The number of hydrogen-bond donors (Lipinski definition) is 0. The molecule has 0 spiro atoms. The summed E-state index contributed by atoms with van der Waals surface area (Å²) < 4.78 is 22.1. The van der Waals surface area contributed by atoms with E-state index in [1.165, 1.54) is 5.56 Å². The van der Waals surface area contributed by atoms with Gasteiger partial charge in [-0.2, -0.15) is 0 Å². The minimum Gasteiger partial charge on any atom is -0.298 e. The van der Waals surface area contributed by atoms with Crippen molar-refractivity contribution in [2.24, 2.45) is 0 Å². The molecular formula is C9H10ClNO2S. The summed E-state index contributed by atoms with van der Waals surface area (Å²) >= 11 is 0. The molecule has 0 radical (unpaired) electrons. The first-order chi connectivity index (χ1) is 6.47. The maximum Gasteiger partial charge on any atom is 0.261 e. The Hall–Kier alpha value is -0.580. The van der Waals surface area contributed by atoms with Gasteiger partial charge in [0.15, 0.2) is 0 Å². The number of rotatable bonds is 1. The highest BCUT2D eigenvalue weighted by Crippen LogP contribution is 2.25. The lowest BCUT2D eigenvalue weighted by molar-refractivity contribution is 0.353. The van der Waals surface area contributed by atoms with E-state index < -0.39 is 9.05 Å². The molecule has 5 heteroatoms. The fourth-order valence-electron chi connectivity index (χ4n) is 1.69. The van der Waals surface area contributed by atoms with Crippen molar-refractivity contribution in [3.8, 4) is 0 Å². The van der Waals surface area contributed by atoms with Crippen LogP contribution >= 0.6 is 10.7 Å². The highest BCUT2D eigenvalue weighted by Gasteiger charge is 2.18. The average molecular weight is 232 g/mol. The number of fused-ring (bicyclic) bond motifs is 1. The molecule has 2 rings (SSSR count). The highest BCUT2D eigenvalue weighted by atomic mass is 35.7. The Bertz CT molecular complexity index is 470. The summed E-state index contributed by atoms with van der Waals surface area (Å²) in [6, 6.07) is 5.04. The van der Waals surface area contributed by atoms with E-state index in [0.717, 1.165) is 18.7 Å². The molecule has 0 atom stereocenters. The van der Waals surface area contributed by atoms with Crippen molar-refractivity contribution in [3.05, 3.63) is 29.3 Å².